The predicted molar refractivity (Wildman–Crippen MR) is 100 cm³/mol. The van der Waals surface area contributed by atoms with Gasteiger partial charge >= 0.3 is 0 Å². The molecule has 2 heteroatoms. The molecule has 6 atom stereocenters. The molecule has 0 spiro atoms. The summed E-state index contributed by atoms with van der Waals surface area (Å²) in [7, 11) is 0. The summed E-state index contributed by atoms with van der Waals surface area (Å²) in [6.45, 7) is 4.26. The highest BCUT2D eigenvalue weighted by Crippen LogP contribution is 2.63. The molecule has 0 heterocycles. The van der Waals surface area contributed by atoms with Gasteiger partial charge in [0.25, 0.3) is 0 Å². The predicted octanol–water partition coefficient (Wildman–Crippen LogP) is 4.64. The summed E-state index contributed by atoms with van der Waals surface area (Å²) < 4.78 is 0. The van der Waals surface area contributed by atoms with Crippen LogP contribution in [0.15, 0.2) is 18.2 Å². The van der Waals surface area contributed by atoms with Crippen LogP contribution in [0.1, 0.15) is 69.4 Å². The van der Waals surface area contributed by atoms with Crippen molar-refractivity contribution < 1.29 is 10.2 Å². The molecule has 2 N–H and O–H groups in total. The quantitative estimate of drug-likeness (QED) is 0.771. The molecule has 1 aromatic carbocycles. The molecule has 3 aliphatic rings. The lowest BCUT2D eigenvalue weighted by Gasteiger charge is -2.54. The zero-order valence-electron chi connectivity index (χ0n) is 15.5. The number of benzene rings is 1. The van der Waals surface area contributed by atoms with Gasteiger partial charge in [0.1, 0.15) is 5.75 Å². The van der Waals surface area contributed by atoms with E-state index in [4.69, 9.17) is 0 Å². The first-order valence-electron chi connectivity index (χ1n) is 9.94. The molecular weight excluding hydrogens is 308 g/mol. The van der Waals surface area contributed by atoms with Crippen LogP contribution in [-0.4, -0.2) is 16.3 Å². The third-order valence-electron chi connectivity index (χ3n) is 7.60. The van der Waals surface area contributed by atoms with Crippen molar-refractivity contribution in [3.8, 4) is 17.6 Å². The Balaban J connectivity index is 1.73. The molecule has 0 amide bonds. The highest BCUT2D eigenvalue weighted by atomic mass is 16.3. The van der Waals surface area contributed by atoms with Crippen molar-refractivity contribution in [2.45, 2.75) is 70.8 Å². The normalized spacial score (nSPS) is 38.9. The zero-order valence-corrected chi connectivity index (χ0v) is 15.5. The van der Waals surface area contributed by atoms with E-state index in [0.29, 0.717) is 29.4 Å². The lowest BCUT2D eigenvalue weighted by molar-refractivity contribution is -0.0494. The van der Waals surface area contributed by atoms with E-state index in [1.165, 1.54) is 24.0 Å². The second-order valence-corrected chi connectivity index (χ2v) is 8.75. The van der Waals surface area contributed by atoms with Crippen LogP contribution in [0.2, 0.25) is 0 Å². The molecule has 4 rings (SSSR count). The Bertz CT molecular complexity index is 713. The maximum atomic E-state index is 10.7. The van der Waals surface area contributed by atoms with Crippen LogP contribution in [0.4, 0.5) is 0 Å². The first-order chi connectivity index (χ1) is 12.0. The fourth-order valence-corrected chi connectivity index (χ4v) is 6.51. The van der Waals surface area contributed by atoms with E-state index < -0.39 is 0 Å². The number of phenols is 1. The fourth-order valence-electron chi connectivity index (χ4n) is 6.51. The molecule has 2 nitrogen and oxygen atoms in total. The van der Waals surface area contributed by atoms with E-state index in [-0.39, 0.29) is 11.5 Å². The largest absolute Gasteiger partial charge is 0.508 e. The number of aryl methyl sites for hydroxylation is 1. The number of aliphatic hydroxyl groups is 1. The van der Waals surface area contributed by atoms with Gasteiger partial charge in [0.15, 0.2) is 0 Å². The Labute approximate surface area is 151 Å². The van der Waals surface area contributed by atoms with Gasteiger partial charge in [-0.05, 0) is 97.8 Å². The number of fused-ring (bicyclic) bond motifs is 5. The number of aliphatic hydroxyl groups excluding tert-OH is 1. The minimum absolute atomic E-state index is 0.0832. The highest BCUT2D eigenvalue weighted by Gasteiger charge is 2.57. The number of hydrogen-bond acceptors (Lipinski definition) is 2. The molecule has 2 fully saturated rings. The Morgan fingerprint density at radius 1 is 1.24 bits per heavy atom. The maximum absolute atomic E-state index is 10.7. The molecule has 0 bridgehead atoms. The Morgan fingerprint density at radius 3 is 2.88 bits per heavy atom. The molecule has 25 heavy (non-hydrogen) atoms. The smallest absolute Gasteiger partial charge is 0.115 e. The van der Waals surface area contributed by atoms with Gasteiger partial charge in [-0.15, -0.1) is 11.8 Å². The third-order valence-corrected chi connectivity index (χ3v) is 7.60. The van der Waals surface area contributed by atoms with Gasteiger partial charge in [-0.25, -0.2) is 0 Å². The van der Waals surface area contributed by atoms with Gasteiger partial charge in [0, 0.05) is 6.42 Å². The average molecular weight is 338 g/mol. The molecule has 0 radical (unpaired) electrons. The number of phenolic OH excluding ortho intramolecular Hbond substituents is 1. The lowest BCUT2D eigenvalue weighted by Crippen LogP contribution is -2.47. The topological polar surface area (TPSA) is 40.5 Å². The summed E-state index contributed by atoms with van der Waals surface area (Å²) in [5.74, 6) is 9.16. The van der Waals surface area contributed by atoms with Crippen molar-refractivity contribution in [2.75, 3.05) is 0 Å². The Morgan fingerprint density at radius 2 is 2.08 bits per heavy atom. The van der Waals surface area contributed by atoms with Gasteiger partial charge in [-0.2, -0.15) is 0 Å². The highest BCUT2D eigenvalue weighted by molar-refractivity contribution is 5.40. The van der Waals surface area contributed by atoms with Crippen LogP contribution in [0.3, 0.4) is 0 Å². The van der Waals surface area contributed by atoms with E-state index >= 15 is 0 Å². The number of rotatable bonds is 2. The van der Waals surface area contributed by atoms with E-state index in [2.05, 4.69) is 24.8 Å². The summed E-state index contributed by atoms with van der Waals surface area (Å²) in [6, 6.07) is 6.02. The Kier molecular flexibility index (Phi) is 4.32. The van der Waals surface area contributed by atoms with Crippen LogP contribution >= 0.6 is 0 Å². The minimum atomic E-state index is -0.139. The monoisotopic (exact) mass is 338 g/mol. The van der Waals surface area contributed by atoms with Crippen LogP contribution in [-0.2, 0) is 6.42 Å². The fraction of sp³-hybridized carbons (Fsp3) is 0.652. The molecule has 0 aliphatic heterocycles. The minimum Gasteiger partial charge on any atom is -0.508 e. The van der Waals surface area contributed by atoms with Gasteiger partial charge in [-0.3, -0.25) is 0 Å². The van der Waals surface area contributed by atoms with Gasteiger partial charge in [0.05, 0.1) is 6.10 Å². The molecule has 0 unspecified atom stereocenters. The van der Waals surface area contributed by atoms with Crippen molar-refractivity contribution in [3.63, 3.8) is 0 Å². The van der Waals surface area contributed by atoms with E-state index in [1.54, 1.807) is 0 Å². The van der Waals surface area contributed by atoms with Crippen molar-refractivity contribution in [2.24, 2.45) is 23.2 Å². The summed E-state index contributed by atoms with van der Waals surface area (Å²) >= 11 is 0. The van der Waals surface area contributed by atoms with Crippen LogP contribution in [0.25, 0.3) is 0 Å². The molecule has 3 aliphatic carbocycles. The summed E-state index contributed by atoms with van der Waals surface area (Å²) in [5.41, 5.74) is 2.89. The van der Waals surface area contributed by atoms with Crippen molar-refractivity contribution in [1.82, 2.24) is 0 Å². The number of hydrogen-bond donors (Lipinski definition) is 2. The van der Waals surface area contributed by atoms with E-state index in [1.807, 2.05) is 19.1 Å². The lowest BCUT2D eigenvalue weighted by atomic mass is 9.51. The summed E-state index contributed by atoms with van der Waals surface area (Å²) in [5, 5.41) is 20.6. The maximum Gasteiger partial charge on any atom is 0.115 e. The van der Waals surface area contributed by atoms with Crippen molar-refractivity contribution >= 4 is 0 Å². The van der Waals surface area contributed by atoms with Crippen LogP contribution in [0.5, 0.6) is 5.75 Å². The first-order valence-corrected chi connectivity index (χ1v) is 9.94. The molecule has 0 saturated heterocycles. The van der Waals surface area contributed by atoms with Gasteiger partial charge < -0.3 is 10.2 Å². The second kappa shape index (κ2) is 6.36. The van der Waals surface area contributed by atoms with Crippen LogP contribution < -0.4 is 0 Å². The number of aromatic hydroxyl groups is 1. The van der Waals surface area contributed by atoms with Gasteiger partial charge in [-0.1, -0.05) is 13.0 Å². The first kappa shape index (κ1) is 17.0. The molecule has 0 aromatic heterocycles. The summed E-state index contributed by atoms with van der Waals surface area (Å²) in [4.78, 5) is 0. The van der Waals surface area contributed by atoms with Crippen molar-refractivity contribution in [1.29, 1.82) is 0 Å². The molecular formula is C23H30O2. The average Bonchev–Trinajstić information content (AvgIpc) is 2.89. The zero-order chi connectivity index (χ0) is 17.6. The standard InChI is InChI=1S/C23H30O2/c1-3-4-5-6-16-14-23(2)20(11-12-21(23)25)19-9-7-15-13-17(24)8-10-18(15)22(16)19/h8,10,13,16,19-22,24-25H,5-7,9,11-12,14H2,1-2H3/t16-,19-,20-,21-,22+,23-/m0/s1. The van der Waals surface area contributed by atoms with Crippen LogP contribution in [0, 0.1) is 35.0 Å². The van der Waals surface area contributed by atoms with Gasteiger partial charge in [0.2, 0.25) is 0 Å². The van der Waals surface area contributed by atoms with E-state index in [9.17, 15) is 10.2 Å². The Hall–Kier alpha value is -1.46. The SMILES string of the molecule is CC#CCC[C@H]1C[C@]2(C)[C@@H](O)CC[C@H]2[C@@H]2CCc3cc(O)ccc3[C@@H]12. The molecule has 134 valence electrons. The van der Waals surface area contributed by atoms with Crippen molar-refractivity contribution in [3.05, 3.63) is 29.3 Å². The third kappa shape index (κ3) is 2.68. The second-order valence-electron chi connectivity index (χ2n) is 8.75. The van der Waals surface area contributed by atoms with E-state index in [0.717, 1.165) is 32.1 Å². The molecule has 1 aromatic rings. The summed E-state index contributed by atoms with van der Waals surface area (Å²) in [6.07, 6.45) is 7.46. The molecule has 2 saturated carbocycles.